The van der Waals surface area contributed by atoms with Crippen LogP contribution in [0.25, 0.3) is 0 Å². The van der Waals surface area contributed by atoms with Gasteiger partial charge < -0.3 is 21.3 Å². The van der Waals surface area contributed by atoms with Crippen LogP contribution in [0.5, 0.6) is 0 Å². The molecule has 42 heavy (non-hydrogen) atoms. The Morgan fingerprint density at radius 2 is 0.976 bits per heavy atom. The van der Waals surface area contributed by atoms with Crippen molar-refractivity contribution < 1.29 is 19.2 Å². The van der Waals surface area contributed by atoms with E-state index in [1.165, 1.54) is 12.8 Å². The second-order valence-corrected chi connectivity index (χ2v) is 12.1. The molecule has 4 rings (SSSR count). The summed E-state index contributed by atoms with van der Waals surface area (Å²) in [6.07, 6.45) is 12.2. The molecule has 0 atom stereocenters. The Balaban J connectivity index is 1.19. The number of benzene rings is 2. The van der Waals surface area contributed by atoms with Gasteiger partial charge in [0.1, 0.15) is 0 Å². The van der Waals surface area contributed by atoms with Crippen molar-refractivity contribution in [1.82, 2.24) is 10.6 Å². The summed E-state index contributed by atoms with van der Waals surface area (Å²) in [5.74, 6) is -0.872. The molecule has 0 bridgehead atoms. The molecule has 0 aliphatic heterocycles. The number of carbonyl (C=O) groups is 4. The molecule has 2 aliphatic carbocycles. The second-order valence-electron chi connectivity index (χ2n) is 11.3. The molecule has 4 N–H and O–H groups in total. The minimum absolute atomic E-state index is 0.158. The van der Waals surface area contributed by atoms with Gasteiger partial charge in [-0.05, 0) is 74.9 Å². The molecule has 8 nitrogen and oxygen atoms in total. The van der Waals surface area contributed by atoms with Crippen LogP contribution < -0.4 is 21.3 Å². The minimum atomic E-state index is -0.230. The summed E-state index contributed by atoms with van der Waals surface area (Å²) in [5.41, 5.74) is 1.69. The van der Waals surface area contributed by atoms with Crippen LogP contribution in [0.4, 0.5) is 11.4 Å². The zero-order valence-electron chi connectivity index (χ0n) is 23.9. The number of hydrogen-bond acceptors (Lipinski definition) is 4. The van der Waals surface area contributed by atoms with Crippen molar-refractivity contribution in [2.24, 2.45) is 0 Å². The van der Waals surface area contributed by atoms with Gasteiger partial charge in [-0.25, -0.2) is 0 Å². The van der Waals surface area contributed by atoms with E-state index in [0.717, 1.165) is 51.4 Å². The zero-order valence-corrected chi connectivity index (χ0v) is 25.4. The number of carbonyl (C=O) groups excluding carboxylic acids is 4. The Kier molecular flexibility index (Phi) is 12.1. The van der Waals surface area contributed by atoms with E-state index in [9.17, 15) is 19.2 Å². The molecule has 4 amide bonds. The second kappa shape index (κ2) is 15.9. The molecule has 2 fully saturated rings. The summed E-state index contributed by atoms with van der Waals surface area (Å²) in [6.45, 7) is 0. The predicted molar refractivity (Wildman–Crippen MR) is 167 cm³/mol. The summed E-state index contributed by atoms with van der Waals surface area (Å²) in [7, 11) is 0. The van der Waals surface area contributed by atoms with Crippen LogP contribution in [0, 0.1) is 0 Å². The Morgan fingerprint density at radius 1 is 0.595 bits per heavy atom. The van der Waals surface area contributed by atoms with E-state index in [1.807, 2.05) is 0 Å². The van der Waals surface area contributed by atoms with E-state index >= 15 is 0 Å². The molecular weight excluding hydrogens is 575 g/mol. The van der Waals surface area contributed by atoms with Crippen LogP contribution in [0.3, 0.4) is 0 Å². The lowest BCUT2D eigenvalue weighted by Gasteiger charge is -2.23. The molecule has 0 saturated heterocycles. The van der Waals surface area contributed by atoms with Gasteiger partial charge in [-0.3, -0.25) is 19.2 Å². The first-order valence-corrected chi connectivity index (χ1v) is 15.8. The van der Waals surface area contributed by atoms with Crippen LogP contribution in [-0.2, 0) is 9.59 Å². The number of hydrogen-bond donors (Lipinski definition) is 4. The molecule has 2 aromatic carbocycles. The molecule has 10 heteroatoms. The molecule has 0 radical (unpaired) electrons. The lowest BCUT2D eigenvalue weighted by molar-refractivity contribution is -0.118. The van der Waals surface area contributed by atoms with Gasteiger partial charge in [0.2, 0.25) is 11.8 Å². The van der Waals surface area contributed by atoms with Crippen molar-refractivity contribution in [2.45, 2.75) is 102 Å². The highest BCUT2D eigenvalue weighted by molar-refractivity contribution is 6.34. The van der Waals surface area contributed by atoms with E-state index < -0.39 is 0 Å². The van der Waals surface area contributed by atoms with Gasteiger partial charge in [-0.2, -0.15) is 0 Å². The lowest BCUT2D eigenvalue weighted by Crippen LogP contribution is -2.36. The lowest BCUT2D eigenvalue weighted by atomic mass is 9.95. The van der Waals surface area contributed by atoms with Crippen LogP contribution in [0.2, 0.25) is 10.0 Å². The monoisotopic (exact) mass is 614 g/mol. The fraction of sp³-hybridized carbons (Fsp3) is 0.500. The average molecular weight is 616 g/mol. The number of nitrogens with one attached hydrogen (secondary N) is 4. The van der Waals surface area contributed by atoms with Crippen LogP contribution in [0.15, 0.2) is 36.4 Å². The first-order chi connectivity index (χ1) is 20.3. The van der Waals surface area contributed by atoms with E-state index in [4.69, 9.17) is 23.2 Å². The number of anilines is 2. The maximum absolute atomic E-state index is 12.8. The molecule has 2 aliphatic rings. The first-order valence-electron chi connectivity index (χ1n) is 15.1. The number of halogens is 2. The van der Waals surface area contributed by atoms with Gasteiger partial charge in [-0.1, -0.05) is 61.7 Å². The fourth-order valence-electron chi connectivity index (χ4n) is 5.59. The van der Waals surface area contributed by atoms with Gasteiger partial charge >= 0.3 is 0 Å². The average Bonchev–Trinajstić information content (AvgIpc) is 2.98. The quantitative estimate of drug-likeness (QED) is 0.199. The first kappa shape index (κ1) is 31.8. The van der Waals surface area contributed by atoms with Crippen molar-refractivity contribution in [3.05, 3.63) is 57.6 Å². The topological polar surface area (TPSA) is 116 Å². The molecule has 0 spiro atoms. The highest BCUT2D eigenvalue weighted by Gasteiger charge is 2.20. The van der Waals surface area contributed by atoms with E-state index in [1.54, 1.807) is 36.4 Å². The molecule has 226 valence electrons. The van der Waals surface area contributed by atoms with Gasteiger partial charge in [-0.15, -0.1) is 0 Å². The van der Waals surface area contributed by atoms with Crippen molar-refractivity contribution in [3.8, 4) is 0 Å². The molecule has 2 saturated carbocycles. The summed E-state index contributed by atoms with van der Waals surface area (Å²) < 4.78 is 0. The number of rotatable bonds is 11. The third-order valence-electron chi connectivity index (χ3n) is 7.93. The maximum Gasteiger partial charge on any atom is 0.253 e. The number of amides is 4. The smallest absolute Gasteiger partial charge is 0.253 e. The Bertz CT molecular complexity index is 1180. The Morgan fingerprint density at radius 3 is 1.36 bits per heavy atom. The summed E-state index contributed by atoms with van der Waals surface area (Å²) in [4.78, 5) is 50.5. The van der Waals surface area contributed by atoms with Gasteiger partial charge in [0.15, 0.2) is 0 Å². The van der Waals surface area contributed by atoms with Crippen LogP contribution in [0.1, 0.15) is 111 Å². The van der Waals surface area contributed by atoms with Gasteiger partial charge in [0, 0.05) is 36.3 Å². The standard InChI is InChI=1S/C32H40Cl2N4O4/c33-27-17-15-23(19-25(27)31(41)37-21-9-3-1-4-10-21)35-29(39)13-7-8-14-30(40)36-24-16-18-28(34)26(20-24)32(42)38-22-11-5-2-6-12-22/h15-22H,1-14H2,(H,35,39)(H,36,40)(H,37,41)(H,38,42). The number of unbranched alkanes of at least 4 members (excludes halogenated alkanes) is 1. The van der Waals surface area contributed by atoms with Crippen molar-refractivity contribution >= 4 is 58.2 Å². The largest absolute Gasteiger partial charge is 0.349 e. The summed E-state index contributed by atoms with van der Waals surface area (Å²) in [5, 5.41) is 12.4. The Labute approximate surface area is 257 Å². The summed E-state index contributed by atoms with van der Waals surface area (Å²) >= 11 is 12.5. The molecule has 0 unspecified atom stereocenters. The maximum atomic E-state index is 12.8. The molecule has 0 aromatic heterocycles. The van der Waals surface area contributed by atoms with Crippen LogP contribution >= 0.6 is 23.2 Å². The predicted octanol–water partition coefficient (Wildman–Crippen LogP) is 7.26. The van der Waals surface area contributed by atoms with Crippen molar-refractivity contribution in [3.63, 3.8) is 0 Å². The minimum Gasteiger partial charge on any atom is -0.349 e. The normalized spacial score (nSPS) is 16.0. The van der Waals surface area contributed by atoms with Gasteiger partial charge in [0.25, 0.3) is 11.8 Å². The molecular formula is C32H40Cl2N4O4. The van der Waals surface area contributed by atoms with E-state index in [0.29, 0.717) is 45.4 Å². The highest BCUT2D eigenvalue weighted by atomic mass is 35.5. The zero-order chi connectivity index (χ0) is 29.9. The van der Waals surface area contributed by atoms with E-state index in [-0.39, 0.29) is 48.6 Å². The highest BCUT2D eigenvalue weighted by Crippen LogP contribution is 2.25. The molecule has 0 heterocycles. The van der Waals surface area contributed by atoms with Crippen molar-refractivity contribution in [1.29, 1.82) is 0 Å². The third-order valence-corrected chi connectivity index (χ3v) is 8.59. The molecule has 2 aromatic rings. The van der Waals surface area contributed by atoms with E-state index in [2.05, 4.69) is 21.3 Å². The fourth-order valence-corrected chi connectivity index (χ4v) is 6.00. The van der Waals surface area contributed by atoms with Crippen LogP contribution in [-0.4, -0.2) is 35.7 Å². The van der Waals surface area contributed by atoms with Gasteiger partial charge in [0.05, 0.1) is 21.2 Å². The Hall–Kier alpha value is -3.10. The van der Waals surface area contributed by atoms with Crippen molar-refractivity contribution in [2.75, 3.05) is 10.6 Å². The third kappa shape index (κ3) is 9.73. The SMILES string of the molecule is O=C(CCCCC(=O)Nc1ccc(Cl)c(C(=O)NC2CCCCC2)c1)Nc1ccc(Cl)c(C(=O)NC2CCCCC2)c1. The summed E-state index contributed by atoms with van der Waals surface area (Å²) in [6, 6.07) is 10.1.